The van der Waals surface area contributed by atoms with Gasteiger partial charge in [0, 0.05) is 6.20 Å². The zero-order valence-corrected chi connectivity index (χ0v) is 13.0. The van der Waals surface area contributed by atoms with Crippen LogP contribution in [0.25, 0.3) is 0 Å². The third kappa shape index (κ3) is 3.32. The fraction of sp³-hybridized carbons (Fsp3) is 0.667. The van der Waals surface area contributed by atoms with Gasteiger partial charge >= 0.3 is 0 Å². The van der Waals surface area contributed by atoms with Gasteiger partial charge in [-0.25, -0.2) is 0 Å². The highest BCUT2D eigenvalue weighted by Gasteiger charge is 2.33. The van der Waals surface area contributed by atoms with Crippen LogP contribution in [0.15, 0.2) is 12.3 Å². The first-order chi connectivity index (χ1) is 10.1. The van der Waals surface area contributed by atoms with E-state index in [1.807, 2.05) is 23.9 Å². The molecule has 1 atom stereocenters. The Balaban J connectivity index is 2.09. The first kappa shape index (κ1) is 15.7. The highest BCUT2D eigenvalue weighted by molar-refractivity contribution is 6.01. The molecule has 1 unspecified atom stereocenters. The average Bonchev–Trinajstić information content (AvgIpc) is 2.93. The van der Waals surface area contributed by atoms with Gasteiger partial charge in [-0.2, -0.15) is 5.10 Å². The van der Waals surface area contributed by atoms with Crippen molar-refractivity contribution in [2.45, 2.75) is 58.7 Å². The van der Waals surface area contributed by atoms with Crippen LogP contribution < -0.4 is 5.32 Å². The van der Waals surface area contributed by atoms with Crippen LogP contribution in [-0.4, -0.2) is 39.1 Å². The maximum atomic E-state index is 12.2. The van der Waals surface area contributed by atoms with Crippen LogP contribution in [0.4, 0.5) is 0 Å². The van der Waals surface area contributed by atoms with Crippen LogP contribution in [0.3, 0.4) is 0 Å². The van der Waals surface area contributed by atoms with Gasteiger partial charge in [-0.3, -0.25) is 24.5 Å². The van der Waals surface area contributed by atoms with Gasteiger partial charge in [0.25, 0.3) is 0 Å². The topological polar surface area (TPSA) is 67.2 Å². The monoisotopic (exact) mass is 292 g/mol. The minimum Gasteiger partial charge on any atom is -0.297 e. The van der Waals surface area contributed by atoms with E-state index in [-0.39, 0.29) is 30.9 Å². The summed E-state index contributed by atoms with van der Waals surface area (Å²) in [5.74, 6) is -0.326. The lowest BCUT2D eigenvalue weighted by Gasteiger charge is -2.30. The number of piperazine rings is 1. The van der Waals surface area contributed by atoms with Crippen molar-refractivity contribution in [1.82, 2.24) is 20.0 Å². The summed E-state index contributed by atoms with van der Waals surface area (Å²) in [6, 6.07) is 2.00. The summed E-state index contributed by atoms with van der Waals surface area (Å²) in [5, 5.41) is 7.48. The minimum absolute atomic E-state index is 0.147. The number of carbonyl (C=O) groups excluding carboxylic acids is 2. The van der Waals surface area contributed by atoms with Crippen LogP contribution in [0.2, 0.25) is 0 Å². The molecule has 2 rings (SSSR count). The smallest absolute Gasteiger partial charge is 0.246 e. The van der Waals surface area contributed by atoms with Crippen LogP contribution in [0.5, 0.6) is 0 Å². The quantitative estimate of drug-likeness (QED) is 0.807. The van der Waals surface area contributed by atoms with Crippen molar-refractivity contribution in [3.63, 3.8) is 0 Å². The lowest BCUT2D eigenvalue weighted by atomic mass is 10.1. The summed E-state index contributed by atoms with van der Waals surface area (Å²) in [6.07, 6.45) is 4.65. The normalized spacial score (nSPS) is 19.6. The molecule has 0 radical (unpaired) electrons. The predicted molar refractivity (Wildman–Crippen MR) is 79.5 cm³/mol. The lowest BCUT2D eigenvalue weighted by Crippen LogP contribution is -2.57. The number of nitrogens with one attached hydrogen (secondary N) is 1. The van der Waals surface area contributed by atoms with Crippen molar-refractivity contribution in [2.75, 3.05) is 6.54 Å². The molecule has 116 valence electrons. The molecule has 0 aromatic carbocycles. The number of hydrogen-bond acceptors (Lipinski definition) is 4. The number of aromatic nitrogens is 2. The van der Waals surface area contributed by atoms with Gasteiger partial charge in [-0.15, -0.1) is 0 Å². The third-order valence-corrected chi connectivity index (χ3v) is 4.07. The zero-order valence-electron chi connectivity index (χ0n) is 13.0. The van der Waals surface area contributed by atoms with Crippen molar-refractivity contribution < 1.29 is 9.59 Å². The second kappa shape index (κ2) is 6.85. The van der Waals surface area contributed by atoms with Crippen molar-refractivity contribution in [3.8, 4) is 0 Å². The van der Waals surface area contributed by atoms with E-state index in [1.54, 1.807) is 0 Å². The number of carbonyl (C=O) groups is 2. The molecule has 2 amide bonds. The first-order valence-corrected chi connectivity index (χ1v) is 7.72. The second-order valence-corrected chi connectivity index (χ2v) is 5.42. The number of rotatable bonds is 6. The van der Waals surface area contributed by atoms with Crippen LogP contribution in [-0.2, 0) is 16.1 Å². The van der Waals surface area contributed by atoms with Crippen LogP contribution in [0.1, 0.15) is 51.8 Å². The maximum Gasteiger partial charge on any atom is 0.246 e. The van der Waals surface area contributed by atoms with E-state index >= 15 is 0 Å². The number of nitrogens with zero attached hydrogens (tertiary/aromatic N) is 3. The molecule has 0 aliphatic carbocycles. The number of amides is 2. The standard InChI is InChI=1S/C15H24N4O2/c1-4-12(5-2)19-8-7-11(17-19)10-18-14(20)9-16-13(6-3)15(18)21/h7-8,12-13,16H,4-6,9-10H2,1-3H3. The summed E-state index contributed by atoms with van der Waals surface area (Å²) in [7, 11) is 0. The Morgan fingerprint density at radius 2 is 2.05 bits per heavy atom. The molecule has 1 aliphatic rings. The Hall–Kier alpha value is -1.69. The molecule has 1 N–H and O–H groups in total. The minimum atomic E-state index is -0.260. The summed E-state index contributed by atoms with van der Waals surface area (Å²) in [5.41, 5.74) is 0.764. The molecule has 1 aromatic rings. The average molecular weight is 292 g/mol. The van der Waals surface area contributed by atoms with Gasteiger partial charge < -0.3 is 0 Å². The molecule has 1 aromatic heterocycles. The Bertz CT molecular complexity index is 508. The molecule has 6 heteroatoms. The molecule has 2 heterocycles. The summed E-state index contributed by atoms with van der Waals surface area (Å²) >= 11 is 0. The van der Waals surface area contributed by atoms with Crippen molar-refractivity contribution in [2.24, 2.45) is 0 Å². The van der Waals surface area contributed by atoms with Crippen molar-refractivity contribution in [1.29, 1.82) is 0 Å². The van der Waals surface area contributed by atoms with Gasteiger partial charge in [-0.1, -0.05) is 20.8 Å². The van der Waals surface area contributed by atoms with E-state index < -0.39 is 0 Å². The molecular formula is C15H24N4O2. The third-order valence-electron chi connectivity index (χ3n) is 4.07. The Labute approximate surface area is 125 Å². The van der Waals surface area contributed by atoms with Crippen LogP contribution >= 0.6 is 0 Å². The number of imide groups is 1. The summed E-state index contributed by atoms with van der Waals surface area (Å²) in [6.45, 7) is 6.68. The fourth-order valence-corrected chi connectivity index (χ4v) is 2.68. The van der Waals surface area contributed by atoms with Gasteiger partial charge in [0.2, 0.25) is 11.8 Å². The lowest BCUT2D eigenvalue weighted by molar-refractivity contribution is -0.150. The van der Waals surface area contributed by atoms with Gasteiger partial charge in [0.05, 0.1) is 30.9 Å². The molecule has 1 aliphatic heterocycles. The largest absolute Gasteiger partial charge is 0.297 e. The molecule has 0 bridgehead atoms. The van der Waals surface area contributed by atoms with Crippen molar-refractivity contribution >= 4 is 11.8 Å². The maximum absolute atomic E-state index is 12.2. The highest BCUT2D eigenvalue weighted by Crippen LogP contribution is 2.16. The fourth-order valence-electron chi connectivity index (χ4n) is 2.68. The van der Waals surface area contributed by atoms with E-state index in [0.29, 0.717) is 12.5 Å². The molecule has 0 spiro atoms. The second-order valence-electron chi connectivity index (χ2n) is 5.42. The van der Waals surface area contributed by atoms with E-state index in [0.717, 1.165) is 18.5 Å². The molecule has 6 nitrogen and oxygen atoms in total. The van der Waals surface area contributed by atoms with E-state index in [9.17, 15) is 9.59 Å². The Morgan fingerprint density at radius 3 is 2.67 bits per heavy atom. The van der Waals surface area contributed by atoms with E-state index in [1.165, 1.54) is 4.90 Å². The molecule has 21 heavy (non-hydrogen) atoms. The molecule has 0 saturated carbocycles. The van der Waals surface area contributed by atoms with Crippen LogP contribution in [0, 0.1) is 0 Å². The van der Waals surface area contributed by atoms with Gasteiger partial charge in [-0.05, 0) is 25.3 Å². The molecule has 1 fully saturated rings. The van der Waals surface area contributed by atoms with Gasteiger partial charge in [0.1, 0.15) is 0 Å². The predicted octanol–water partition coefficient (Wildman–Crippen LogP) is 1.48. The highest BCUT2D eigenvalue weighted by atomic mass is 16.2. The summed E-state index contributed by atoms with van der Waals surface area (Å²) in [4.78, 5) is 25.5. The SMILES string of the molecule is CCC1NCC(=O)N(Cc2ccn(C(CC)CC)n2)C1=O. The van der Waals surface area contributed by atoms with E-state index in [2.05, 4.69) is 24.3 Å². The Morgan fingerprint density at radius 1 is 1.33 bits per heavy atom. The zero-order chi connectivity index (χ0) is 15.4. The molecule has 1 saturated heterocycles. The van der Waals surface area contributed by atoms with E-state index in [4.69, 9.17) is 0 Å². The molecular weight excluding hydrogens is 268 g/mol. The first-order valence-electron chi connectivity index (χ1n) is 7.72. The van der Waals surface area contributed by atoms with Crippen molar-refractivity contribution in [3.05, 3.63) is 18.0 Å². The summed E-state index contributed by atoms with van der Waals surface area (Å²) < 4.78 is 1.93. The Kier molecular flexibility index (Phi) is 5.12. The number of hydrogen-bond donors (Lipinski definition) is 1. The van der Waals surface area contributed by atoms with Gasteiger partial charge in [0.15, 0.2) is 0 Å².